The van der Waals surface area contributed by atoms with Gasteiger partial charge in [-0.25, -0.2) is 0 Å². The first kappa shape index (κ1) is 36.6. The van der Waals surface area contributed by atoms with Crippen molar-refractivity contribution in [2.75, 3.05) is 9.80 Å². The molecule has 0 aliphatic heterocycles. The maximum Gasteiger partial charge on any atom is 0.0559 e. The summed E-state index contributed by atoms with van der Waals surface area (Å²) in [6.45, 7) is 2.31. The highest BCUT2D eigenvalue weighted by atomic mass is 15.2. The molecule has 0 bridgehead atoms. The van der Waals surface area contributed by atoms with Crippen molar-refractivity contribution in [1.82, 2.24) is 0 Å². The van der Waals surface area contributed by atoms with Gasteiger partial charge < -0.3 is 9.80 Å². The molecule has 0 saturated heterocycles. The molecule has 0 saturated carbocycles. The lowest BCUT2D eigenvalue weighted by Gasteiger charge is -2.33. The summed E-state index contributed by atoms with van der Waals surface area (Å²) in [7, 11) is 0. The first-order chi connectivity index (χ1) is 30.2. The van der Waals surface area contributed by atoms with Gasteiger partial charge in [-0.2, -0.15) is 0 Å². The van der Waals surface area contributed by atoms with Gasteiger partial charge in [-0.1, -0.05) is 165 Å². The van der Waals surface area contributed by atoms with Gasteiger partial charge in [-0.3, -0.25) is 0 Å². The Morgan fingerprint density at radius 3 is 1.57 bits per heavy atom. The molecule has 0 amide bonds. The average molecular weight is 783 g/mol. The van der Waals surface area contributed by atoms with Crippen LogP contribution in [0.25, 0.3) is 65.3 Å². The Labute approximate surface area is 358 Å². The largest absolute Gasteiger partial charge is 0.334 e. The Bertz CT molecular complexity index is 3230. The third kappa shape index (κ3) is 6.81. The van der Waals surface area contributed by atoms with E-state index in [0.717, 1.165) is 24.2 Å². The molecule has 0 radical (unpaired) electrons. The smallest absolute Gasteiger partial charge is 0.0559 e. The lowest BCUT2D eigenvalue weighted by Crippen LogP contribution is -2.29. The van der Waals surface area contributed by atoms with Crippen LogP contribution < -0.4 is 9.80 Å². The number of fused-ring (bicyclic) bond motifs is 4. The number of allylic oxidation sites excluding steroid dienone is 6. The summed E-state index contributed by atoms with van der Waals surface area (Å²) in [5.41, 5.74) is 10.9. The van der Waals surface area contributed by atoms with E-state index in [2.05, 4.69) is 241 Å². The molecule has 61 heavy (non-hydrogen) atoms. The molecule has 0 N–H and O–H groups in total. The van der Waals surface area contributed by atoms with Crippen LogP contribution in [0.5, 0.6) is 0 Å². The minimum Gasteiger partial charge on any atom is -0.334 e. The van der Waals surface area contributed by atoms with Crippen molar-refractivity contribution in [1.29, 1.82) is 0 Å². The van der Waals surface area contributed by atoms with Gasteiger partial charge in [0.15, 0.2) is 0 Å². The van der Waals surface area contributed by atoms with Crippen molar-refractivity contribution in [2.45, 2.75) is 25.8 Å². The lowest BCUT2D eigenvalue weighted by molar-refractivity contribution is 0.696. The van der Waals surface area contributed by atoms with E-state index in [4.69, 9.17) is 0 Å². The molecule has 9 aromatic rings. The zero-order valence-electron chi connectivity index (χ0n) is 34.3. The maximum atomic E-state index is 2.51. The van der Waals surface area contributed by atoms with Gasteiger partial charge in [0, 0.05) is 28.4 Å². The molecule has 0 fully saturated rings. The Morgan fingerprint density at radius 1 is 0.426 bits per heavy atom. The van der Waals surface area contributed by atoms with Crippen molar-refractivity contribution in [3.8, 4) is 22.3 Å². The second-order valence-electron chi connectivity index (χ2n) is 16.6. The summed E-state index contributed by atoms with van der Waals surface area (Å²) in [5.74, 6) is 0.452. The quantitative estimate of drug-likeness (QED) is 0.142. The molecule has 0 aromatic heterocycles. The van der Waals surface area contributed by atoms with E-state index in [1.165, 1.54) is 82.4 Å². The number of benzene rings is 9. The fourth-order valence-electron chi connectivity index (χ4n) is 9.73. The summed E-state index contributed by atoms with van der Waals surface area (Å²) < 4.78 is 0. The topological polar surface area (TPSA) is 6.48 Å². The molecule has 292 valence electrons. The van der Waals surface area contributed by atoms with Crippen LogP contribution in [0.15, 0.2) is 230 Å². The number of nitrogens with zero attached hydrogens (tertiary/aromatic N) is 2. The highest BCUT2D eigenvalue weighted by Crippen LogP contribution is 2.48. The van der Waals surface area contributed by atoms with Crippen LogP contribution in [0.3, 0.4) is 0 Å². The minimum absolute atomic E-state index is 0.188. The summed E-state index contributed by atoms with van der Waals surface area (Å²) in [6.07, 6.45) is 17.7. The molecule has 2 aliphatic carbocycles. The zero-order valence-corrected chi connectivity index (χ0v) is 34.3. The molecule has 0 spiro atoms. The van der Waals surface area contributed by atoms with E-state index in [1.54, 1.807) is 0 Å². The Hall–Kier alpha value is -7.42. The molecular formula is C59H46N2. The van der Waals surface area contributed by atoms with E-state index in [-0.39, 0.29) is 6.04 Å². The third-order valence-corrected chi connectivity index (χ3v) is 12.6. The van der Waals surface area contributed by atoms with Crippen molar-refractivity contribution < 1.29 is 0 Å². The number of anilines is 4. The van der Waals surface area contributed by atoms with Crippen LogP contribution >= 0.6 is 0 Å². The molecule has 2 heteroatoms. The number of rotatable bonds is 8. The summed E-state index contributed by atoms with van der Waals surface area (Å²) >= 11 is 0. The van der Waals surface area contributed by atoms with E-state index >= 15 is 0 Å². The first-order valence-electron chi connectivity index (χ1n) is 21.6. The van der Waals surface area contributed by atoms with Crippen LogP contribution in [0.4, 0.5) is 22.7 Å². The molecule has 2 aliphatic rings. The number of hydrogen-bond donors (Lipinski definition) is 0. The predicted molar refractivity (Wildman–Crippen MR) is 262 cm³/mol. The standard InChI is InChI=1S/C59H46N2/c1-41-16-15-27-51(36-41)61(50-25-9-4-10-26-50)53-33-35-55-57(40-53)59(47-31-29-43-18-12-14-20-45(43)38-47)54-34-32-52(60(48-21-5-2-6-22-48)49-23-7-3-8-24-49)39-56(54)58(55)46-30-28-42-17-11-13-19-44(42)37-46/h2-23,25-35,37-41,49H,24,36H2,1H3. The predicted octanol–water partition coefficient (Wildman–Crippen LogP) is 16.3. The van der Waals surface area contributed by atoms with Gasteiger partial charge in [-0.05, 0) is 151 Å². The Balaban J connectivity index is 1.25. The van der Waals surface area contributed by atoms with Gasteiger partial charge in [0.1, 0.15) is 0 Å². The molecule has 2 nitrogen and oxygen atoms in total. The summed E-state index contributed by atoms with van der Waals surface area (Å²) in [4.78, 5) is 4.98. The van der Waals surface area contributed by atoms with Gasteiger partial charge in [0.05, 0.1) is 6.04 Å². The van der Waals surface area contributed by atoms with Crippen molar-refractivity contribution in [2.24, 2.45) is 5.92 Å². The highest BCUT2D eigenvalue weighted by molar-refractivity contribution is 6.23. The minimum atomic E-state index is 0.188. The molecule has 11 rings (SSSR count). The first-order valence-corrected chi connectivity index (χ1v) is 21.6. The average Bonchev–Trinajstić information content (AvgIpc) is 3.32. The van der Waals surface area contributed by atoms with Gasteiger partial charge >= 0.3 is 0 Å². The van der Waals surface area contributed by atoms with Crippen molar-refractivity contribution in [3.63, 3.8) is 0 Å². The zero-order chi connectivity index (χ0) is 40.7. The van der Waals surface area contributed by atoms with E-state index in [0.29, 0.717) is 5.92 Å². The van der Waals surface area contributed by atoms with Crippen LogP contribution in [-0.4, -0.2) is 6.04 Å². The van der Waals surface area contributed by atoms with E-state index < -0.39 is 0 Å². The van der Waals surface area contributed by atoms with Crippen LogP contribution in [0.1, 0.15) is 19.8 Å². The Kier molecular flexibility index (Phi) is 9.39. The van der Waals surface area contributed by atoms with Gasteiger partial charge in [-0.15, -0.1) is 0 Å². The third-order valence-electron chi connectivity index (χ3n) is 12.6. The maximum absolute atomic E-state index is 2.51. The molecule has 2 unspecified atom stereocenters. The SMILES string of the molecule is CC1C=CC=C(N(c2ccccc2)c2ccc3c(-c4ccc5ccccc5c4)c4cc(N(c5ccccc5)C5C=CC=CC5)ccc4c(-c4ccc5ccccc5c4)c3c2)C1. The fourth-order valence-corrected chi connectivity index (χ4v) is 9.73. The van der Waals surface area contributed by atoms with Crippen LogP contribution in [-0.2, 0) is 0 Å². The molecule has 0 heterocycles. The number of para-hydroxylation sites is 2. The lowest BCUT2D eigenvalue weighted by atomic mass is 9.84. The van der Waals surface area contributed by atoms with E-state index in [9.17, 15) is 0 Å². The fraction of sp³-hybridized carbons (Fsp3) is 0.0847. The number of hydrogen-bond acceptors (Lipinski definition) is 2. The second kappa shape index (κ2) is 15.6. The van der Waals surface area contributed by atoms with Gasteiger partial charge in [0.25, 0.3) is 0 Å². The molecule has 2 atom stereocenters. The van der Waals surface area contributed by atoms with Crippen LogP contribution in [0.2, 0.25) is 0 Å². The molecular weight excluding hydrogens is 737 g/mol. The second-order valence-corrected chi connectivity index (χ2v) is 16.6. The van der Waals surface area contributed by atoms with Crippen molar-refractivity contribution >= 4 is 65.8 Å². The Morgan fingerprint density at radius 2 is 0.984 bits per heavy atom. The monoisotopic (exact) mass is 782 g/mol. The van der Waals surface area contributed by atoms with E-state index in [1.807, 2.05) is 0 Å². The highest BCUT2D eigenvalue weighted by Gasteiger charge is 2.25. The summed E-state index contributed by atoms with van der Waals surface area (Å²) in [6, 6.07) is 67.8. The van der Waals surface area contributed by atoms with Gasteiger partial charge in [0.2, 0.25) is 0 Å². The normalized spacial score (nSPS) is 16.0. The summed E-state index contributed by atoms with van der Waals surface area (Å²) in [5, 5.41) is 9.89. The molecule has 9 aromatic carbocycles. The van der Waals surface area contributed by atoms with Crippen molar-refractivity contribution in [3.05, 3.63) is 230 Å². The van der Waals surface area contributed by atoms with Crippen LogP contribution in [0, 0.1) is 5.92 Å².